The lowest BCUT2D eigenvalue weighted by atomic mass is 10.1. The van der Waals surface area contributed by atoms with Gasteiger partial charge in [0.1, 0.15) is 5.71 Å². The van der Waals surface area contributed by atoms with E-state index in [1.807, 2.05) is 24.3 Å². The molecule has 0 bridgehead atoms. The first kappa shape index (κ1) is 15.2. The number of ether oxygens (including phenoxy) is 1. The molecule has 1 aromatic carbocycles. The summed E-state index contributed by atoms with van der Waals surface area (Å²) in [5.41, 5.74) is 2.44. The number of benzene rings is 1. The second-order valence-electron chi connectivity index (χ2n) is 4.85. The molecular formula is C15H19N3O3. The fourth-order valence-electron chi connectivity index (χ4n) is 2.14. The summed E-state index contributed by atoms with van der Waals surface area (Å²) in [7, 11) is 3.20. The third-order valence-corrected chi connectivity index (χ3v) is 3.33. The monoisotopic (exact) mass is 289 g/mol. The molecule has 6 nitrogen and oxygen atoms in total. The zero-order valence-corrected chi connectivity index (χ0v) is 12.3. The molecule has 0 saturated carbocycles. The summed E-state index contributed by atoms with van der Waals surface area (Å²) in [5.74, 6) is -0.307. The van der Waals surface area contributed by atoms with Gasteiger partial charge in [-0.05, 0) is 11.1 Å². The number of nitrogens with zero attached hydrogens (tertiary/aromatic N) is 2. The number of hydrogen-bond acceptors (Lipinski definition) is 4. The first-order valence-electron chi connectivity index (χ1n) is 6.79. The molecule has 1 heterocycles. The van der Waals surface area contributed by atoms with Crippen molar-refractivity contribution in [3.05, 3.63) is 35.4 Å². The van der Waals surface area contributed by atoms with Crippen LogP contribution in [0.25, 0.3) is 0 Å². The highest BCUT2D eigenvalue weighted by molar-refractivity contribution is 6.39. The first-order chi connectivity index (χ1) is 10.1. The molecule has 0 saturated heterocycles. The van der Waals surface area contributed by atoms with Crippen LogP contribution in [0, 0.1) is 0 Å². The molecule has 1 N–H and O–H groups in total. The minimum atomic E-state index is -0.235. The van der Waals surface area contributed by atoms with Crippen LogP contribution in [0.3, 0.4) is 0 Å². The largest absolute Gasteiger partial charge is 0.380 e. The average molecular weight is 289 g/mol. The Hall–Kier alpha value is -2.21. The van der Waals surface area contributed by atoms with Gasteiger partial charge in [0.15, 0.2) is 0 Å². The van der Waals surface area contributed by atoms with Crippen LogP contribution in [0.5, 0.6) is 0 Å². The Kier molecular flexibility index (Phi) is 5.05. The van der Waals surface area contributed by atoms with Gasteiger partial charge in [-0.2, -0.15) is 5.10 Å². The highest BCUT2D eigenvalue weighted by Crippen LogP contribution is 2.11. The Morgan fingerprint density at radius 2 is 2.05 bits per heavy atom. The van der Waals surface area contributed by atoms with Crippen LogP contribution in [0.1, 0.15) is 24.0 Å². The number of hydrogen-bond donors (Lipinski definition) is 1. The summed E-state index contributed by atoms with van der Waals surface area (Å²) in [6.45, 7) is 0.916. The van der Waals surface area contributed by atoms with Gasteiger partial charge >= 0.3 is 0 Å². The molecule has 2 rings (SSSR count). The molecule has 6 heteroatoms. The highest BCUT2D eigenvalue weighted by atomic mass is 16.5. The maximum absolute atomic E-state index is 12.1. The summed E-state index contributed by atoms with van der Waals surface area (Å²) in [6.07, 6.45) is 0.706. The van der Waals surface area contributed by atoms with E-state index in [2.05, 4.69) is 10.4 Å². The molecule has 1 aromatic rings. The second-order valence-corrected chi connectivity index (χ2v) is 4.85. The zero-order valence-electron chi connectivity index (χ0n) is 12.3. The van der Waals surface area contributed by atoms with Crippen molar-refractivity contribution in [1.29, 1.82) is 0 Å². The van der Waals surface area contributed by atoms with E-state index in [-0.39, 0.29) is 11.8 Å². The van der Waals surface area contributed by atoms with E-state index in [0.717, 1.165) is 11.1 Å². The topological polar surface area (TPSA) is 71.0 Å². The number of nitrogens with one attached hydrogen (secondary N) is 1. The Balaban J connectivity index is 1.99. The van der Waals surface area contributed by atoms with E-state index in [4.69, 9.17) is 4.74 Å². The van der Waals surface area contributed by atoms with Crippen LogP contribution in [-0.2, 0) is 27.5 Å². The van der Waals surface area contributed by atoms with Gasteiger partial charge in [-0.3, -0.25) is 9.59 Å². The van der Waals surface area contributed by atoms with Crippen molar-refractivity contribution in [2.75, 3.05) is 14.2 Å². The molecule has 112 valence electrons. The Morgan fingerprint density at radius 1 is 1.33 bits per heavy atom. The fourth-order valence-corrected chi connectivity index (χ4v) is 2.14. The molecular weight excluding hydrogens is 270 g/mol. The van der Waals surface area contributed by atoms with Crippen LogP contribution in [0.2, 0.25) is 0 Å². The average Bonchev–Trinajstić information content (AvgIpc) is 2.49. The number of carbonyl (C=O) groups excluding carboxylic acids is 2. The smallest absolute Gasteiger partial charge is 0.267 e. The normalized spacial score (nSPS) is 14.9. The second kappa shape index (κ2) is 6.99. The fraction of sp³-hybridized carbons (Fsp3) is 0.400. The minimum absolute atomic E-state index is 0.0722. The van der Waals surface area contributed by atoms with E-state index >= 15 is 0 Å². The standard InChI is InChI=1S/C15H19N3O3/c1-18-14(19)8-7-13(17-18)15(20)16-9-11-5-3-4-6-12(11)10-21-2/h3-6H,7-10H2,1-2H3,(H,16,20). The highest BCUT2D eigenvalue weighted by Gasteiger charge is 2.21. The number of amides is 2. The van der Waals surface area contributed by atoms with E-state index in [1.54, 1.807) is 14.2 Å². The van der Waals surface area contributed by atoms with Gasteiger partial charge in [0, 0.05) is 33.5 Å². The molecule has 0 spiro atoms. The van der Waals surface area contributed by atoms with Gasteiger partial charge in [-0.25, -0.2) is 5.01 Å². The van der Waals surface area contributed by atoms with Gasteiger partial charge in [0.25, 0.3) is 5.91 Å². The van der Waals surface area contributed by atoms with Crippen molar-refractivity contribution in [3.63, 3.8) is 0 Å². The van der Waals surface area contributed by atoms with Crippen LogP contribution in [-0.4, -0.2) is 36.7 Å². The van der Waals surface area contributed by atoms with Crippen molar-refractivity contribution in [3.8, 4) is 0 Å². The summed E-state index contributed by atoms with van der Waals surface area (Å²) in [5, 5.41) is 8.06. The lowest BCUT2D eigenvalue weighted by Gasteiger charge is -2.19. The molecule has 0 aromatic heterocycles. The molecule has 0 atom stereocenters. The van der Waals surface area contributed by atoms with Crippen LogP contribution >= 0.6 is 0 Å². The molecule has 21 heavy (non-hydrogen) atoms. The lowest BCUT2D eigenvalue weighted by molar-refractivity contribution is -0.130. The zero-order chi connectivity index (χ0) is 15.2. The predicted octanol–water partition coefficient (Wildman–Crippen LogP) is 1.06. The molecule has 0 radical (unpaired) electrons. The van der Waals surface area contributed by atoms with E-state index < -0.39 is 0 Å². The molecule has 1 aliphatic heterocycles. The maximum atomic E-state index is 12.1. The van der Waals surface area contributed by atoms with Gasteiger partial charge in [-0.1, -0.05) is 24.3 Å². The van der Waals surface area contributed by atoms with E-state index in [1.165, 1.54) is 5.01 Å². The summed E-state index contributed by atoms with van der Waals surface area (Å²) in [6, 6.07) is 7.78. The maximum Gasteiger partial charge on any atom is 0.267 e. The van der Waals surface area contributed by atoms with Crippen molar-refractivity contribution in [1.82, 2.24) is 10.3 Å². The molecule has 0 unspecified atom stereocenters. The minimum Gasteiger partial charge on any atom is -0.380 e. The SMILES string of the molecule is COCc1ccccc1CNC(=O)C1=NN(C)C(=O)CC1. The first-order valence-corrected chi connectivity index (χ1v) is 6.79. The lowest BCUT2D eigenvalue weighted by Crippen LogP contribution is -2.37. The van der Waals surface area contributed by atoms with Crippen molar-refractivity contribution in [2.45, 2.75) is 26.0 Å². The Labute approximate surface area is 123 Å². The third-order valence-electron chi connectivity index (χ3n) is 3.33. The van der Waals surface area contributed by atoms with Gasteiger partial charge in [0.05, 0.1) is 6.61 Å². The number of methoxy groups -OCH3 is 1. The van der Waals surface area contributed by atoms with Gasteiger partial charge < -0.3 is 10.1 Å². The van der Waals surface area contributed by atoms with E-state index in [0.29, 0.717) is 31.7 Å². The summed E-state index contributed by atoms with van der Waals surface area (Å²) in [4.78, 5) is 23.4. The third kappa shape index (κ3) is 3.88. The van der Waals surface area contributed by atoms with Crippen molar-refractivity contribution in [2.24, 2.45) is 5.10 Å². The van der Waals surface area contributed by atoms with Crippen LogP contribution in [0.15, 0.2) is 29.4 Å². The number of carbonyl (C=O) groups is 2. The van der Waals surface area contributed by atoms with Crippen LogP contribution in [0.4, 0.5) is 0 Å². The quantitative estimate of drug-likeness (QED) is 0.881. The van der Waals surface area contributed by atoms with Crippen LogP contribution < -0.4 is 5.32 Å². The number of rotatable bonds is 5. The summed E-state index contributed by atoms with van der Waals surface area (Å²) >= 11 is 0. The predicted molar refractivity (Wildman–Crippen MR) is 78.4 cm³/mol. The number of hydrazone groups is 1. The van der Waals surface area contributed by atoms with E-state index in [9.17, 15) is 9.59 Å². The van der Waals surface area contributed by atoms with Gasteiger partial charge in [0.2, 0.25) is 5.91 Å². The molecule has 0 fully saturated rings. The molecule has 1 aliphatic rings. The molecule has 2 amide bonds. The van der Waals surface area contributed by atoms with Crippen molar-refractivity contribution >= 4 is 17.5 Å². The molecule has 0 aliphatic carbocycles. The van der Waals surface area contributed by atoms with Gasteiger partial charge in [-0.15, -0.1) is 0 Å². The Bertz CT molecular complexity index is 569. The van der Waals surface area contributed by atoms with Crippen molar-refractivity contribution < 1.29 is 14.3 Å². The Morgan fingerprint density at radius 3 is 2.71 bits per heavy atom. The summed E-state index contributed by atoms with van der Waals surface area (Å²) < 4.78 is 5.14.